The van der Waals surface area contributed by atoms with Crippen LogP contribution in [-0.2, 0) is 11.2 Å². The van der Waals surface area contributed by atoms with Crippen LogP contribution in [0, 0.1) is 5.82 Å². The molecule has 0 aliphatic carbocycles. The van der Waals surface area contributed by atoms with E-state index in [0.29, 0.717) is 0 Å². The fourth-order valence-corrected chi connectivity index (χ4v) is 2.46. The Morgan fingerprint density at radius 2 is 2.04 bits per heavy atom. The fraction of sp³-hybridized carbons (Fsp3) is 0.222. The molecule has 0 spiro atoms. The minimum Gasteiger partial charge on any atom is -0.370 e. The molecule has 1 heterocycles. The van der Waals surface area contributed by atoms with Crippen molar-refractivity contribution >= 4 is 17.4 Å². The summed E-state index contributed by atoms with van der Waals surface area (Å²) in [6, 6.07) is 13.5. The van der Waals surface area contributed by atoms with E-state index in [2.05, 4.69) is 15.6 Å². The Hall–Kier alpha value is -2.69. The molecule has 118 valence electrons. The Labute approximate surface area is 134 Å². The minimum atomic E-state index is -0.303. The zero-order valence-electron chi connectivity index (χ0n) is 12.7. The third-order valence-electron chi connectivity index (χ3n) is 3.59. The molecule has 1 aliphatic heterocycles. The molecule has 0 saturated heterocycles. The van der Waals surface area contributed by atoms with Crippen LogP contribution in [0.25, 0.3) is 0 Å². The minimum absolute atomic E-state index is 0.132. The summed E-state index contributed by atoms with van der Waals surface area (Å²) in [5.74, 6) is 0.431. The topological polar surface area (TPSA) is 53.5 Å². The molecule has 0 unspecified atom stereocenters. The van der Waals surface area contributed by atoms with Gasteiger partial charge >= 0.3 is 0 Å². The van der Waals surface area contributed by atoms with Gasteiger partial charge in [0.25, 0.3) is 0 Å². The number of benzene rings is 2. The number of nitrogens with one attached hydrogen (secondary N) is 2. The van der Waals surface area contributed by atoms with Crippen molar-refractivity contribution in [1.29, 1.82) is 0 Å². The van der Waals surface area contributed by atoms with Crippen LogP contribution >= 0.6 is 0 Å². The van der Waals surface area contributed by atoms with Crippen molar-refractivity contribution in [3.63, 3.8) is 0 Å². The first-order valence-corrected chi connectivity index (χ1v) is 7.64. The number of amides is 1. The summed E-state index contributed by atoms with van der Waals surface area (Å²) in [5.41, 5.74) is 2.47. The molecule has 0 bridgehead atoms. The Morgan fingerprint density at radius 3 is 2.78 bits per heavy atom. The molecule has 2 aromatic rings. The summed E-state index contributed by atoms with van der Waals surface area (Å²) in [4.78, 5) is 16.6. The lowest BCUT2D eigenvalue weighted by atomic mass is 10.1. The van der Waals surface area contributed by atoms with Crippen LogP contribution in [0.3, 0.4) is 0 Å². The zero-order valence-corrected chi connectivity index (χ0v) is 12.7. The Kier molecular flexibility index (Phi) is 4.66. The van der Waals surface area contributed by atoms with Gasteiger partial charge in [-0.2, -0.15) is 0 Å². The molecule has 23 heavy (non-hydrogen) atoms. The Bertz CT molecular complexity index is 725. The molecule has 3 rings (SSSR count). The van der Waals surface area contributed by atoms with Gasteiger partial charge in [-0.05, 0) is 36.2 Å². The van der Waals surface area contributed by atoms with Gasteiger partial charge in [0, 0.05) is 24.3 Å². The quantitative estimate of drug-likeness (QED) is 0.912. The van der Waals surface area contributed by atoms with Gasteiger partial charge in [0.1, 0.15) is 11.7 Å². The monoisotopic (exact) mass is 311 g/mol. The first-order valence-electron chi connectivity index (χ1n) is 7.64. The normalized spacial score (nSPS) is 13.9. The summed E-state index contributed by atoms with van der Waals surface area (Å²) >= 11 is 0. The largest absolute Gasteiger partial charge is 0.370 e. The second-order valence-corrected chi connectivity index (χ2v) is 5.44. The number of halogens is 1. The van der Waals surface area contributed by atoms with Gasteiger partial charge in [0.05, 0.1) is 6.42 Å². The predicted molar refractivity (Wildman–Crippen MR) is 89.2 cm³/mol. The van der Waals surface area contributed by atoms with Crippen molar-refractivity contribution < 1.29 is 9.18 Å². The zero-order chi connectivity index (χ0) is 16.1. The maximum atomic E-state index is 12.9. The van der Waals surface area contributed by atoms with E-state index in [1.807, 2.05) is 24.3 Å². The number of amidine groups is 1. The van der Waals surface area contributed by atoms with Crippen LogP contribution in [0.4, 0.5) is 10.1 Å². The number of hydrogen-bond donors (Lipinski definition) is 2. The first-order chi connectivity index (χ1) is 11.2. The van der Waals surface area contributed by atoms with E-state index in [1.54, 1.807) is 12.1 Å². The SMILES string of the molecule is O=C(Cc1ccc(F)cc1)Nc1cccc(C2=NCCCN2)c1. The molecule has 0 saturated carbocycles. The first kappa shape index (κ1) is 15.2. The van der Waals surface area contributed by atoms with E-state index < -0.39 is 0 Å². The van der Waals surface area contributed by atoms with Crippen LogP contribution in [0.5, 0.6) is 0 Å². The maximum absolute atomic E-state index is 12.9. The third kappa shape index (κ3) is 4.16. The molecule has 4 nitrogen and oxygen atoms in total. The van der Waals surface area contributed by atoms with Crippen molar-refractivity contribution in [2.45, 2.75) is 12.8 Å². The van der Waals surface area contributed by atoms with Gasteiger partial charge in [-0.25, -0.2) is 4.39 Å². The molecule has 1 amide bonds. The number of hydrogen-bond acceptors (Lipinski definition) is 3. The summed E-state index contributed by atoms with van der Waals surface area (Å²) in [6.45, 7) is 1.74. The number of aliphatic imine (C=N–C) groups is 1. The van der Waals surface area contributed by atoms with Crippen molar-refractivity contribution in [1.82, 2.24) is 5.32 Å². The highest BCUT2D eigenvalue weighted by molar-refractivity contribution is 6.01. The van der Waals surface area contributed by atoms with E-state index in [0.717, 1.165) is 42.2 Å². The highest BCUT2D eigenvalue weighted by Gasteiger charge is 2.09. The molecule has 0 radical (unpaired) electrons. The van der Waals surface area contributed by atoms with Crippen LogP contribution in [0.1, 0.15) is 17.5 Å². The standard InChI is InChI=1S/C18H18FN3O/c19-15-7-5-13(6-8-15)11-17(23)22-16-4-1-3-14(12-16)18-20-9-2-10-21-18/h1,3-8,12H,2,9-11H2,(H,20,21)(H,22,23). The average Bonchev–Trinajstić information content (AvgIpc) is 2.58. The second-order valence-electron chi connectivity index (χ2n) is 5.44. The molecular weight excluding hydrogens is 293 g/mol. The van der Waals surface area contributed by atoms with E-state index in [-0.39, 0.29) is 18.1 Å². The van der Waals surface area contributed by atoms with Gasteiger partial charge < -0.3 is 10.6 Å². The summed E-state index contributed by atoms with van der Waals surface area (Å²) in [6.07, 6.45) is 1.25. The van der Waals surface area contributed by atoms with Crippen LogP contribution in [0.15, 0.2) is 53.5 Å². The molecular formula is C18H18FN3O. The van der Waals surface area contributed by atoms with Gasteiger partial charge in [-0.1, -0.05) is 24.3 Å². The van der Waals surface area contributed by atoms with Crippen molar-refractivity contribution in [2.24, 2.45) is 4.99 Å². The predicted octanol–water partition coefficient (Wildman–Crippen LogP) is 2.75. The van der Waals surface area contributed by atoms with Gasteiger partial charge in [-0.3, -0.25) is 9.79 Å². The Morgan fingerprint density at radius 1 is 1.22 bits per heavy atom. The lowest BCUT2D eigenvalue weighted by Crippen LogP contribution is -2.30. The van der Waals surface area contributed by atoms with Crippen LogP contribution < -0.4 is 10.6 Å². The van der Waals surface area contributed by atoms with Gasteiger partial charge in [-0.15, -0.1) is 0 Å². The van der Waals surface area contributed by atoms with Crippen molar-refractivity contribution in [2.75, 3.05) is 18.4 Å². The summed E-state index contributed by atoms with van der Waals surface area (Å²) < 4.78 is 12.9. The van der Waals surface area contributed by atoms with E-state index in [4.69, 9.17) is 0 Å². The fourth-order valence-electron chi connectivity index (χ4n) is 2.46. The average molecular weight is 311 g/mol. The van der Waals surface area contributed by atoms with E-state index in [9.17, 15) is 9.18 Å². The van der Waals surface area contributed by atoms with Crippen molar-refractivity contribution in [3.05, 3.63) is 65.5 Å². The van der Waals surface area contributed by atoms with Gasteiger partial charge in [0.2, 0.25) is 5.91 Å². The lowest BCUT2D eigenvalue weighted by molar-refractivity contribution is -0.115. The molecule has 2 N–H and O–H groups in total. The van der Waals surface area contributed by atoms with E-state index in [1.165, 1.54) is 12.1 Å². The smallest absolute Gasteiger partial charge is 0.228 e. The van der Waals surface area contributed by atoms with E-state index >= 15 is 0 Å². The summed E-state index contributed by atoms with van der Waals surface area (Å²) in [7, 11) is 0. The van der Waals surface area contributed by atoms with Gasteiger partial charge in [0.15, 0.2) is 0 Å². The molecule has 2 aromatic carbocycles. The number of rotatable bonds is 4. The second kappa shape index (κ2) is 7.05. The number of anilines is 1. The highest BCUT2D eigenvalue weighted by Crippen LogP contribution is 2.13. The molecule has 0 fully saturated rings. The van der Waals surface area contributed by atoms with Crippen LogP contribution in [0.2, 0.25) is 0 Å². The maximum Gasteiger partial charge on any atom is 0.228 e. The molecule has 0 aromatic heterocycles. The molecule has 5 heteroatoms. The van der Waals surface area contributed by atoms with Crippen LogP contribution in [-0.4, -0.2) is 24.8 Å². The lowest BCUT2D eigenvalue weighted by Gasteiger charge is -2.15. The Balaban J connectivity index is 1.66. The molecule has 1 aliphatic rings. The summed E-state index contributed by atoms with van der Waals surface area (Å²) in [5, 5.41) is 6.13. The molecule has 0 atom stereocenters. The number of carbonyl (C=O) groups excluding carboxylic acids is 1. The highest BCUT2D eigenvalue weighted by atomic mass is 19.1. The number of nitrogens with zero attached hydrogens (tertiary/aromatic N) is 1. The number of carbonyl (C=O) groups is 1. The third-order valence-corrected chi connectivity index (χ3v) is 3.59. The van der Waals surface area contributed by atoms with Crippen molar-refractivity contribution in [3.8, 4) is 0 Å².